The summed E-state index contributed by atoms with van der Waals surface area (Å²) in [5.41, 5.74) is 0. The van der Waals surface area contributed by atoms with Crippen LogP contribution in [0.5, 0.6) is 0 Å². The van der Waals surface area contributed by atoms with Gasteiger partial charge >= 0.3 is 0 Å². The Morgan fingerprint density at radius 2 is 1.93 bits per heavy atom. The molecule has 0 atom stereocenters. The van der Waals surface area contributed by atoms with Crippen molar-refractivity contribution in [1.82, 2.24) is 5.32 Å². The molecule has 2 heteroatoms. The molecule has 0 bridgehead atoms. The van der Waals surface area contributed by atoms with E-state index in [0.29, 0.717) is 13.0 Å². The fourth-order valence-corrected chi connectivity index (χ4v) is 1.51. The molecule has 0 aliphatic rings. The summed E-state index contributed by atoms with van der Waals surface area (Å²) in [5, 5.41) is 2.87. The standard InChI is InChI=1S/C12H21NO/c1-4-7-10-13-12(14)11(8-5-2)9-6-3/h1,11H,5-10H2,2-3H3,(H,13,14). The number of hydrogen-bond donors (Lipinski definition) is 1. The van der Waals surface area contributed by atoms with Crippen LogP contribution >= 0.6 is 0 Å². The Balaban J connectivity index is 3.83. The van der Waals surface area contributed by atoms with E-state index in [1.165, 1.54) is 0 Å². The summed E-state index contributed by atoms with van der Waals surface area (Å²) in [6.45, 7) is 4.83. The summed E-state index contributed by atoms with van der Waals surface area (Å²) in [7, 11) is 0. The van der Waals surface area contributed by atoms with Crippen molar-refractivity contribution in [1.29, 1.82) is 0 Å². The van der Waals surface area contributed by atoms with Gasteiger partial charge in [0.05, 0.1) is 0 Å². The van der Waals surface area contributed by atoms with E-state index in [-0.39, 0.29) is 11.8 Å². The van der Waals surface area contributed by atoms with Crippen LogP contribution in [0.4, 0.5) is 0 Å². The SMILES string of the molecule is C#CCCNC(=O)C(CCC)CCC. The van der Waals surface area contributed by atoms with E-state index in [1.54, 1.807) is 0 Å². The molecule has 0 heterocycles. The van der Waals surface area contributed by atoms with Crippen LogP contribution in [0.1, 0.15) is 46.0 Å². The molecule has 0 aliphatic heterocycles. The predicted molar refractivity (Wildman–Crippen MR) is 59.8 cm³/mol. The van der Waals surface area contributed by atoms with Gasteiger partial charge in [0.25, 0.3) is 0 Å². The Morgan fingerprint density at radius 3 is 2.36 bits per heavy atom. The maximum absolute atomic E-state index is 11.6. The first-order valence-electron chi connectivity index (χ1n) is 5.47. The summed E-state index contributed by atoms with van der Waals surface area (Å²) >= 11 is 0. The molecule has 0 radical (unpaired) electrons. The zero-order valence-electron chi connectivity index (χ0n) is 9.31. The monoisotopic (exact) mass is 195 g/mol. The molecule has 0 aliphatic carbocycles. The summed E-state index contributed by atoms with van der Waals surface area (Å²) in [6, 6.07) is 0. The van der Waals surface area contributed by atoms with Crippen LogP contribution < -0.4 is 5.32 Å². The molecule has 80 valence electrons. The van der Waals surface area contributed by atoms with Crippen LogP contribution in [0.2, 0.25) is 0 Å². The van der Waals surface area contributed by atoms with Gasteiger partial charge in [-0.25, -0.2) is 0 Å². The average Bonchev–Trinajstić information content (AvgIpc) is 2.18. The van der Waals surface area contributed by atoms with E-state index in [1.807, 2.05) is 0 Å². The quantitative estimate of drug-likeness (QED) is 0.490. The van der Waals surface area contributed by atoms with Crippen LogP contribution in [0.25, 0.3) is 0 Å². The Hall–Kier alpha value is -0.970. The molecule has 0 fully saturated rings. The number of carbonyl (C=O) groups is 1. The van der Waals surface area contributed by atoms with Crippen molar-refractivity contribution in [2.24, 2.45) is 5.92 Å². The normalized spacial score (nSPS) is 9.86. The largest absolute Gasteiger partial charge is 0.355 e. The van der Waals surface area contributed by atoms with Crippen molar-refractivity contribution in [2.75, 3.05) is 6.54 Å². The van der Waals surface area contributed by atoms with Gasteiger partial charge in [0.2, 0.25) is 5.91 Å². The molecular formula is C12H21NO. The first kappa shape index (κ1) is 13.0. The molecule has 0 saturated heterocycles. The lowest BCUT2D eigenvalue weighted by molar-refractivity contribution is -0.125. The van der Waals surface area contributed by atoms with Crippen molar-refractivity contribution < 1.29 is 4.79 Å². The van der Waals surface area contributed by atoms with Gasteiger partial charge < -0.3 is 5.32 Å². The highest BCUT2D eigenvalue weighted by molar-refractivity contribution is 5.78. The Labute approximate surface area is 87.5 Å². The van der Waals surface area contributed by atoms with Gasteiger partial charge in [-0.2, -0.15) is 0 Å². The Kier molecular flexibility index (Phi) is 8.02. The Bertz CT molecular complexity index is 187. The molecule has 0 aromatic rings. The van der Waals surface area contributed by atoms with Gasteiger partial charge in [-0.3, -0.25) is 4.79 Å². The topological polar surface area (TPSA) is 29.1 Å². The minimum Gasteiger partial charge on any atom is -0.355 e. The van der Waals surface area contributed by atoms with Gasteiger partial charge in [0.15, 0.2) is 0 Å². The van der Waals surface area contributed by atoms with Crippen LogP contribution in [0, 0.1) is 18.3 Å². The minimum atomic E-state index is 0.170. The number of hydrogen-bond acceptors (Lipinski definition) is 1. The highest BCUT2D eigenvalue weighted by Crippen LogP contribution is 2.13. The van der Waals surface area contributed by atoms with Gasteiger partial charge in [0, 0.05) is 18.9 Å². The number of rotatable bonds is 7. The third kappa shape index (κ3) is 5.64. The molecule has 14 heavy (non-hydrogen) atoms. The minimum absolute atomic E-state index is 0.170. The van der Waals surface area contributed by atoms with E-state index < -0.39 is 0 Å². The van der Waals surface area contributed by atoms with Crippen molar-refractivity contribution in [3.05, 3.63) is 0 Å². The molecule has 0 aromatic heterocycles. The van der Waals surface area contributed by atoms with Gasteiger partial charge in [-0.1, -0.05) is 26.7 Å². The van der Waals surface area contributed by atoms with Gasteiger partial charge in [0.1, 0.15) is 0 Å². The molecule has 0 spiro atoms. The number of terminal acetylenes is 1. The van der Waals surface area contributed by atoms with Crippen molar-refractivity contribution in [3.8, 4) is 12.3 Å². The predicted octanol–water partition coefficient (Wildman–Crippen LogP) is 2.34. The van der Waals surface area contributed by atoms with Crippen LogP contribution in [-0.4, -0.2) is 12.5 Å². The molecule has 1 N–H and O–H groups in total. The van der Waals surface area contributed by atoms with Crippen molar-refractivity contribution in [2.45, 2.75) is 46.0 Å². The third-order valence-corrected chi connectivity index (χ3v) is 2.21. The molecular weight excluding hydrogens is 174 g/mol. The van der Waals surface area contributed by atoms with E-state index >= 15 is 0 Å². The average molecular weight is 195 g/mol. The maximum atomic E-state index is 11.6. The zero-order valence-corrected chi connectivity index (χ0v) is 9.31. The molecule has 0 rings (SSSR count). The lowest BCUT2D eigenvalue weighted by Crippen LogP contribution is -2.31. The number of carbonyl (C=O) groups excluding carboxylic acids is 1. The first-order valence-corrected chi connectivity index (χ1v) is 5.47. The molecule has 0 aromatic carbocycles. The van der Waals surface area contributed by atoms with Crippen LogP contribution in [0.15, 0.2) is 0 Å². The summed E-state index contributed by atoms with van der Waals surface area (Å²) in [4.78, 5) is 11.6. The first-order chi connectivity index (χ1) is 6.76. The Morgan fingerprint density at radius 1 is 1.36 bits per heavy atom. The maximum Gasteiger partial charge on any atom is 0.223 e. The van der Waals surface area contributed by atoms with Crippen molar-refractivity contribution >= 4 is 5.91 Å². The lowest BCUT2D eigenvalue weighted by Gasteiger charge is -2.14. The summed E-state index contributed by atoms with van der Waals surface area (Å²) in [5.74, 6) is 2.86. The zero-order chi connectivity index (χ0) is 10.8. The van der Waals surface area contributed by atoms with Crippen molar-refractivity contribution in [3.63, 3.8) is 0 Å². The van der Waals surface area contributed by atoms with Crippen LogP contribution in [0.3, 0.4) is 0 Å². The van der Waals surface area contributed by atoms with E-state index in [2.05, 4.69) is 25.1 Å². The summed E-state index contributed by atoms with van der Waals surface area (Å²) in [6.07, 6.45) is 9.82. The van der Waals surface area contributed by atoms with Crippen LogP contribution in [-0.2, 0) is 4.79 Å². The number of amides is 1. The smallest absolute Gasteiger partial charge is 0.223 e. The lowest BCUT2D eigenvalue weighted by atomic mass is 9.97. The van der Waals surface area contributed by atoms with E-state index in [0.717, 1.165) is 25.7 Å². The second-order valence-electron chi connectivity index (χ2n) is 3.52. The molecule has 1 amide bonds. The second kappa shape index (κ2) is 8.62. The highest BCUT2D eigenvalue weighted by atomic mass is 16.1. The second-order valence-corrected chi connectivity index (χ2v) is 3.52. The highest BCUT2D eigenvalue weighted by Gasteiger charge is 2.15. The van der Waals surface area contributed by atoms with E-state index in [9.17, 15) is 4.79 Å². The van der Waals surface area contributed by atoms with Gasteiger partial charge in [-0.05, 0) is 12.8 Å². The number of nitrogens with one attached hydrogen (secondary N) is 1. The molecule has 0 unspecified atom stereocenters. The summed E-state index contributed by atoms with van der Waals surface area (Å²) < 4.78 is 0. The molecule has 0 saturated carbocycles. The fraction of sp³-hybridized carbons (Fsp3) is 0.750. The fourth-order valence-electron chi connectivity index (χ4n) is 1.51. The molecule has 2 nitrogen and oxygen atoms in total. The third-order valence-electron chi connectivity index (χ3n) is 2.21. The van der Waals surface area contributed by atoms with Gasteiger partial charge in [-0.15, -0.1) is 12.3 Å². The van der Waals surface area contributed by atoms with E-state index in [4.69, 9.17) is 6.42 Å².